The monoisotopic (exact) mass is 474 g/mol. The van der Waals surface area contributed by atoms with Gasteiger partial charge in [-0.3, -0.25) is 9.59 Å². The number of carbonyl (C=O) groups is 1. The number of hydrogen-bond acceptors (Lipinski definition) is 5. The molecule has 9 heteroatoms. The van der Waals surface area contributed by atoms with Crippen LogP contribution in [0.3, 0.4) is 0 Å². The van der Waals surface area contributed by atoms with Crippen molar-refractivity contribution in [2.45, 2.75) is 44.6 Å². The van der Waals surface area contributed by atoms with Crippen LogP contribution in [0.2, 0.25) is 0 Å². The fourth-order valence-electron chi connectivity index (χ4n) is 4.78. The van der Waals surface area contributed by atoms with Crippen molar-refractivity contribution in [2.75, 3.05) is 13.1 Å². The Bertz CT molecular complexity index is 1370. The highest BCUT2D eigenvalue weighted by molar-refractivity contribution is 5.83. The Morgan fingerprint density at radius 3 is 2.51 bits per heavy atom. The van der Waals surface area contributed by atoms with E-state index in [-0.39, 0.29) is 34.6 Å². The molecule has 1 N–H and O–H groups in total. The zero-order valence-corrected chi connectivity index (χ0v) is 19.5. The quantitative estimate of drug-likeness (QED) is 0.461. The molecule has 2 aromatic heterocycles. The van der Waals surface area contributed by atoms with Gasteiger partial charge in [0.15, 0.2) is 11.2 Å². The first kappa shape index (κ1) is 22.9. The first-order valence-corrected chi connectivity index (χ1v) is 11.9. The van der Waals surface area contributed by atoms with Gasteiger partial charge in [-0.1, -0.05) is 54.6 Å². The molecular formula is C26H27FN6O2. The molecule has 35 heavy (non-hydrogen) atoms. The van der Waals surface area contributed by atoms with Crippen LogP contribution in [0.5, 0.6) is 0 Å². The number of nitrogens with one attached hydrogen (secondary N) is 1. The van der Waals surface area contributed by atoms with Crippen molar-refractivity contribution in [3.63, 3.8) is 0 Å². The van der Waals surface area contributed by atoms with Gasteiger partial charge in [-0.05, 0) is 42.5 Å². The second-order valence-electron chi connectivity index (χ2n) is 8.97. The summed E-state index contributed by atoms with van der Waals surface area (Å²) in [5.41, 5.74) is 2.13. The van der Waals surface area contributed by atoms with E-state index in [2.05, 4.69) is 15.3 Å². The number of nitrogens with zero attached hydrogens (tertiary/aromatic N) is 5. The van der Waals surface area contributed by atoms with Crippen molar-refractivity contribution in [1.29, 1.82) is 0 Å². The topological polar surface area (TPSA) is 96.8 Å². The molecule has 0 bridgehead atoms. The lowest BCUT2D eigenvalue weighted by atomic mass is 9.91. The molecule has 180 valence electrons. The number of likely N-dealkylation sites (tertiary alicyclic amines) is 1. The van der Waals surface area contributed by atoms with E-state index < -0.39 is 0 Å². The van der Waals surface area contributed by atoms with Gasteiger partial charge in [0, 0.05) is 19.0 Å². The predicted molar refractivity (Wildman–Crippen MR) is 129 cm³/mol. The van der Waals surface area contributed by atoms with Crippen LogP contribution in [-0.2, 0) is 11.3 Å². The zero-order chi connectivity index (χ0) is 24.4. The van der Waals surface area contributed by atoms with E-state index in [1.807, 2.05) is 42.2 Å². The summed E-state index contributed by atoms with van der Waals surface area (Å²) >= 11 is 0. The number of piperidine rings is 1. The smallest absolute Gasteiger partial charge is 0.281 e. The Hall–Kier alpha value is -3.88. The molecule has 1 fully saturated rings. The molecule has 2 aromatic carbocycles. The van der Waals surface area contributed by atoms with Crippen LogP contribution >= 0.6 is 0 Å². The number of fused-ring (bicyclic) bond motifs is 1. The normalized spacial score (nSPS) is 15.4. The maximum absolute atomic E-state index is 13.2. The molecule has 4 aromatic rings. The van der Waals surface area contributed by atoms with Gasteiger partial charge >= 0.3 is 0 Å². The lowest BCUT2D eigenvalue weighted by Gasteiger charge is -2.33. The van der Waals surface area contributed by atoms with Crippen molar-refractivity contribution in [2.24, 2.45) is 0 Å². The summed E-state index contributed by atoms with van der Waals surface area (Å²) in [6.45, 7) is 3.59. The highest BCUT2D eigenvalue weighted by atomic mass is 19.1. The second-order valence-corrected chi connectivity index (χ2v) is 8.97. The minimum atomic E-state index is -0.330. The first-order valence-electron chi connectivity index (χ1n) is 11.9. The number of benzene rings is 2. The molecule has 1 saturated heterocycles. The van der Waals surface area contributed by atoms with Gasteiger partial charge in [-0.2, -0.15) is 0 Å². The molecule has 1 amide bonds. The Labute approximate surface area is 201 Å². The van der Waals surface area contributed by atoms with E-state index >= 15 is 0 Å². The minimum Gasteiger partial charge on any atom is -0.342 e. The van der Waals surface area contributed by atoms with Crippen molar-refractivity contribution >= 4 is 17.1 Å². The molecule has 0 radical (unpaired) electrons. The highest BCUT2D eigenvalue weighted by Crippen LogP contribution is 2.29. The Morgan fingerprint density at radius 1 is 1.11 bits per heavy atom. The third-order valence-corrected chi connectivity index (χ3v) is 6.74. The molecule has 8 nitrogen and oxygen atoms in total. The highest BCUT2D eigenvalue weighted by Gasteiger charge is 2.30. The Kier molecular flexibility index (Phi) is 6.39. The van der Waals surface area contributed by atoms with Gasteiger partial charge in [0.2, 0.25) is 5.91 Å². The SMILES string of the molecule is CC[C@H](C(=O)N1CCC(c2nc3c(nnn3Cc3ccc(F)cc3)c(=O)[nH]2)CC1)c1ccccc1. The summed E-state index contributed by atoms with van der Waals surface area (Å²) in [6, 6.07) is 16.0. The molecule has 3 heterocycles. The van der Waals surface area contributed by atoms with Crippen LogP contribution in [0.25, 0.3) is 11.2 Å². The zero-order valence-electron chi connectivity index (χ0n) is 19.5. The summed E-state index contributed by atoms with van der Waals surface area (Å²) in [6.07, 6.45) is 2.18. The standard InChI is InChI=1S/C26H27FN6O2/c1-2-21(18-6-4-3-5-7-18)26(35)32-14-12-19(13-15-32)23-28-24-22(25(34)29-23)30-31-33(24)16-17-8-10-20(27)11-9-17/h3-11,19,21H,2,12-16H2,1H3,(H,28,29,34)/t21-/m0/s1. The number of halogens is 1. The molecule has 1 aliphatic rings. The van der Waals surface area contributed by atoms with Crippen molar-refractivity contribution < 1.29 is 9.18 Å². The first-order chi connectivity index (χ1) is 17.0. The van der Waals surface area contributed by atoms with Crippen LogP contribution in [0.1, 0.15) is 55.0 Å². The fraction of sp³-hybridized carbons (Fsp3) is 0.346. The maximum Gasteiger partial charge on any atom is 0.281 e. The number of aromatic nitrogens is 5. The van der Waals surface area contributed by atoms with Crippen LogP contribution in [0.4, 0.5) is 4.39 Å². The molecule has 1 aliphatic heterocycles. The Balaban J connectivity index is 1.32. The predicted octanol–water partition coefficient (Wildman–Crippen LogP) is 3.60. The molecule has 0 spiro atoms. The molecular weight excluding hydrogens is 447 g/mol. The summed E-state index contributed by atoms with van der Waals surface area (Å²) in [7, 11) is 0. The van der Waals surface area contributed by atoms with Gasteiger partial charge in [0.05, 0.1) is 12.5 Å². The average molecular weight is 475 g/mol. The van der Waals surface area contributed by atoms with Crippen LogP contribution in [0, 0.1) is 5.82 Å². The van der Waals surface area contributed by atoms with Crippen LogP contribution in [0.15, 0.2) is 59.4 Å². The largest absolute Gasteiger partial charge is 0.342 e. The van der Waals surface area contributed by atoms with Gasteiger partial charge in [0.25, 0.3) is 5.56 Å². The number of hydrogen-bond donors (Lipinski definition) is 1. The molecule has 5 rings (SSSR count). The summed E-state index contributed by atoms with van der Waals surface area (Å²) in [5.74, 6) is 0.312. The summed E-state index contributed by atoms with van der Waals surface area (Å²) < 4.78 is 14.8. The van der Waals surface area contributed by atoms with Crippen LogP contribution in [-0.4, -0.2) is 48.9 Å². The van der Waals surface area contributed by atoms with E-state index in [4.69, 9.17) is 4.98 Å². The van der Waals surface area contributed by atoms with E-state index in [1.165, 1.54) is 12.1 Å². The third-order valence-electron chi connectivity index (χ3n) is 6.74. The van der Waals surface area contributed by atoms with E-state index in [9.17, 15) is 14.0 Å². The van der Waals surface area contributed by atoms with E-state index in [0.717, 1.165) is 17.5 Å². The third kappa shape index (κ3) is 4.71. The van der Waals surface area contributed by atoms with E-state index in [0.29, 0.717) is 43.9 Å². The number of amides is 1. The molecule has 0 saturated carbocycles. The number of H-pyrrole nitrogens is 1. The summed E-state index contributed by atoms with van der Waals surface area (Å²) in [5, 5.41) is 8.08. The Morgan fingerprint density at radius 2 is 1.83 bits per heavy atom. The molecule has 0 unspecified atom stereocenters. The van der Waals surface area contributed by atoms with Gasteiger partial charge in [-0.15, -0.1) is 5.10 Å². The van der Waals surface area contributed by atoms with Crippen LogP contribution < -0.4 is 5.56 Å². The lowest BCUT2D eigenvalue weighted by Crippen LogP contribution is -2.41. The number of aromatic amines is 1. The molecule has 0 aliphatic carbocycles. The number of rotatable bonds is 6. The molecule has 1 atom stereocenters. The van der Waals surface area contributed by atoms with Crippen molar-refractivity contribution in [3.05, 3.63) is 87.7 Å². The second kappa shape index (κ2) is 9.77. The number of carbonyl (C=O) groups excluding carboxylic acids is 1. The summed E-state index contributed by atoms with van der Waals surface area (Å²) in [4.78, 5) is 35.4. The van der Waals surface area contributed by atoms with Gasteiger partial charge in [-0.25, -0.2) is 14.1 Å². The van der Waals surface area contributed by atoms with Crippen molar-refractivity contribution in [1.82, 2.24) is 29.9 Å². The fourth-order valence-corrected chi connectivity index (χ4v) is 4.78. The average Bonchev–Trinajstić information content (AvgIpc) is 3.29. The maximum atomic E-state index is 13.2. The minimum absolute atomic E-state index is 0.0297. The lowest BCUT2D eigenvalue weighted by molar-refractivity contribution is -0.134. The van der Waals surface area contributed by atoms with Gasteiger partial charge in [0.1, 0.15) is 11.6 Å². The van der Waals surface area contributed by atoms with Crippen molar-refractivity contribution in [3.8, 4) is 0 Å². The van der Waals surface area contributed by atoms with Gasteiger partial charge < -0.3 is 9.88 Å². The van der Waals surface area contributed by atoms with E-state index in [1.54, 1.807) is 16.8 Å².